The zero-order valence-electron chi connectivity index (χ0n) is 7.79. The molecule has 0 aromatic rings. The van der Waals surface area contributed by atoms with Crippen LogP contribution in [0, 0.1) is 5.92 Å². The normalized spacial score (nSPS) is 27.8. The van der Waals surface area contributed by atoms with Gasteiger partial charge in [0.25, 0.3) is 0 Å². The van der Waals surface area contributed by atoms with Crippen LogP contribution in [-0.4, -0.2) is 37.0 Å². The van der Waals surface area contributed by atoms with Crippen molar-refractivity contribution in [1.82, 2.24) is 10.2 Å². The van der Waals surface area contributed by atoms with Gasteiger partial charge in [-0.25, -0.2) is 0 Å². The number of nitrogens with zero attached hydrogens (tertiary/aromatic N) is 1. The third kappa shape index (κ3) is 2.58. The summed E-state index contributed by atoms with van der Waals surface area (Å²) in [6.45, 7) is 4.22. The van der Waals surface area contributed by atoms with Crippen molar-refractivity contribution in [2.24, 2.45) is 5.92 Å². The molecular formula is C9H17ClN2O. The number of likely N-dealkylation sites (tertiary alicyclic amines) is 1. The number of rotatable bonds is 2. The first-order valence-electron chi connectivity index (χ1n) is 4.85. The van der Waals surface area contributed by atoms with E-state index >= 15 is 0 Å². The molecule has 0 aromatic carbocycles. The van der Waals surface area contributed by atoms with E-state index in [0.29, 0.717) is 11.8 Å². The Bertz CT molecular complexity index is 180. The molecule has 2 fully saturated rings. The van der Waals surface area contributed by atoms with Gasteiger partial charge >= 0.3 is 0 Å². The Morgan fingerprint density at radius 1 is 1.54 bits per heavy atom. The van der Waals surface area contributed by atoms with Crippen LogP contribution in [0.1, 0.15) is 19.3 Å². The molecule has 2 aliphatic rings. The summed E-state index contributed by atoms with van der Waals surface area (Å²) < 4.78 is 0. The van der Waals surface area contributed by atoms with E-state index in [2.05, 4.69) is 5.32 Å². The topological polar surface area (TPSA) is 32.3 Å². The second kappa shape index (κ2) is 4.82. The minimum Gasteiger partial charge on any atom is -0.342 e. The summed E-state index contributed by atoms with van der Waals surface area (Å²) in [5.41, 5.74) is 0. The second-order valence-electron chi connectivity index (χ2n) is 3.80. The Kier molecular flexibility index (Phi) is 4.00. The highest BCUT2D eigenvalue weighted by molar-refractivity contribution is 5.85. The zero-order valence-corrected chi connectivity index (χ0v) is 8.61. The highest BCUT2D eigenvalue weighted by Gasteiger charge is 2.24. The molecule has 1 amide bonds. The largest absolute Gasteiger partial charge is 0.342 e. The van der Waals surface area contributed by atoms with Gasteiger partial charge in [-0.2, -0.15) is 0 Å². The molecule has 2 aliphatic heterocycles. The Balaban J connectivity index is 0.000000845. The first-order chi connectivity index (χ1) is 5.86. The molecule has 2 heterocycles. The Hall–Kier alpha value is -0.280. The highest BCUT2D eigenvalue weighted by atomic mass is 35.5. The van der Waals surface area contributed by atoms with Crippen LogP contribution in [0.3, 0.4) is 0 Å². The van der Waals surface area contributed by atoms with Crippen molar-refractivity contribution >= 4 is 18.3 Å². The van der Waals surface area contributed by atoms with E-state index in [1.165, 1.54) is 6.42 Å². The van der Waals surface area contributed by atoms with Crippen molar-refractivity contribution in [3.63, 3.8) is 0 Å². The van der Waals surface area contributed by atoms with E-state index in [-0.39, 0.29) is 12.4 Å². The number of halogens is 1. The number of hydrogen-bond acceptors (Lipinski definition) is 2. The Morgan fingerprint density at radius 3 is 2.92 bits per heavy atom. The van der Waals surface area contributed by atoms with Crippen molar-refractivity contribution < 1.29 is 4.79 Å². The molecule has 0 aromatic heterocycles. The van der Waals surface area contributed by atoms with Crippen LogP contribution in [0.2, 0.25) is 0 Å². The summed E-state index contributed by atoms with van der Waals surface area (Å²) in [5.74, 6) is 1.08. The minimum atomic E-state index is 0. The number of amides is 1. The standard InChI is InChI=1S/C9H16N2O.ClH/c12-9-2-1-5-11(9)7-8-3-4-10-6-8;/h8,10H,1-7H2;1H. The Morgan fingerprint density at radius 2 is 2.38 bits per heavy atom. The average Bonchev–Trinajstić information content (AvgIpc) is 2.65. The maximum Gasteiger partial charge on any atom is 0.222 e. The fraction of sp³-hybridized carbons (Fsp3) is 0.889. The fourth-order valence-electron chi connectivity index (χ4n) is 2.08. The maximum absolute atomic E-state index is 11.3. The molecule has 2 rings (SSSR count). The maximum atomic E-state index is 11.3. The van der Waals surface area contributed by atoms with E-state index in [1.54, 1.807) is 0 Å². The number of nitrogens with one attached hydrogen (secondary N) is 1. The molecule has 0 aliphatic carbocycles. The number of hydrogen-bond donors (Lipinski definition) is 1. The molecule has 1 unspecified atom stereocenters. The quantitative estimate of drug-likeness (QED) is 0.716. The third-order valence-corrected chi connectivity index (χ3v) is 2.81. The van der Waals surface area contributed by atoms with Crippen molar-refractivity contribution in [2.75, 3.05) is 26.2 Å². The lowest BCUT2D eigenvalue weighted by Crippen LogP contribution is -2.31. The van der Waals surface area contributed by atoms with Crippen LogP contribution < -0.4 is 5.32 Å². The lowest BCUT2D eigenvalue weighted by atomic mass is 10.1. The molecule has 2 saturated heterocycles. The smallest absolute Gasteiger partial charge is 0.222 e. The van der Waals surface area contributed by atoms with Gasteiger partial charge in [0.15, 0.2) is 0 Å². The molecule has 4 heteroatoms. The van der Waals surface area contributed by atoms with Crippen molar-refractivity contribution in [1.29, 1.82) is 0 Å². The van der Waals surface area contributed by atoms with E-state index in [9.17, 15) is 4.79 Å². The predicted molar refractivity (Wildman–Crippen MR) is 54.0 cm³/mol. The number of carbonyl (C=O) groups is 1. The summed E-state index contributed by atoms with van der Waals surface area (Å²) in [5, 5.41) is 3.32. The van der Waals surface area contributed by atoms with Gasteiger partial charge in [-0.3, -0.25) is 4.79 Å². The summed E-state index contributed by atoms with van der Waals surface area (Å²) in [6.07, 6.45) is 3.09. The molecule has 0 radical (unpaired) electrons. The molecule has 0 spiro atoms. The molecule has 0 saturated carbocycles. The van der Waals surface area contributed by atoms with Crippen molar-refractivity contribution in [2.45, 2.75) is 19.3 Å². The van der Waals surface area contributed by atoms with Gasteiger partial charge < -0.3 is 10.2 Å². The van der Waals surface area contributed by atoms with Gasteiger partial charge in [0.05, 0.1) is 0 Å². The lowest BCUT2D eigenvalue weighted by molar-refractivity contribution is -0.128. The van der Waals surface area contributed by atoms with Crippen LogP contribution in [0.4, 0.5) is 0 Å². The third-order valence-electron chi connectivity index (χ3n) is 2.81. The van der Waals surface area contributed by atoms with Gasteiger partial charge in [-0.05, 0) is 31.8 Å². The molecule has 13 heavy (non-hydrogen) atoms. The average molecular weight is 205 g/mol. The molecule has 0 bridgehead atoms. The van der Waals surface area contributed by atoms with E-state index < -0.39 is 0 Å². The van der Waals surface area contributed by atoms with Crippen LogP contribution in [-0.2, 0) is 4.79 Å². The first kappa shape index (κ1) is 10.8. The molecule has 1 atom stereocenters. The molecule has 3 nitrogen and oxygen atoms in total. The second-order valence-corrected chi connectivity index (χ2v) is 3.80. The van der Waals surface area contributed by atoms with Gasteiger partial charge in [0, 0.05) is 19.5 Å². The first-order valence-corrected chi connectivity index (χ1v) is 4.85. The van der Waals surface area contributed by atoms with Crippen LogP contribution in [0.25, 0.3) is 0 Å². The molecule has 1 N–H and O–H groups in total. The summed E-state index contributed by atoms with van der Waals surface area (Å²) in [6, 6.07) is 0. The van der Waals surface area contributed by atoms with E-state index in [1.807, 2.05) is 4.90 Å². The minimum absolute atomic E-state index is 0. The summed E-state index contributed by atoms with van der Waals surface area (Å²) in [4.78, 5) is 13.3. The molecular weight excluding hydrogens is 188 g/mol. The fourth-order valence-corrected chi connectivity index (χ4v) is 2.08. The summed E-state index contributed by atoms with van der Waals surface area (Å²) in [7, 11) is 0. The van der Waals surface area contributed by atoms with E-state index in [0.717, 1.165) is 39.0 Å². The van der Waals surface area contributed by atoms with E-state index in [4.69, 9.17) is 0 Å². The van der Waals surface area contributed by atoms with Gasteiger partial charge in [0.2, 0.25) is 5.91 Å². The van der Waals surface area contributed by atoms with Crippen LogP contribution in [0.5, 0.6) is 0 Å². The van der Waals surface area contributed by atoms with Gasteiger partial charge in [-0.15, -0.1) is 12.4 Å². The highest BCUT2D eigenvalue weighted by Crippen LogP contribution is 2.15. The SMILES string of the molecule is Cl.O=C1CCCN1CC1CCNC1. The van der Waals surface area contributed by atoms with Crippen molar-refractivity contribution in [3.05, 3.63) is 0 Å². The summed E-state index contributed by atoms with van der Waals surface area (Å²) >= 11 is 0. The monoisotopic (exact) mass is 204 g/mol. The Labute approximate surface area is 85.3 Å². The van der Waals surface area contributed by atoms with Gasteiger partial charge in [0.1, 0.15) is 0 Å². The van der Waals surface area contributed by atoms with Crippen LogP contribution >= 0.6 is 12.4 Å². The predicted octanol–water partition coefficient (Wildman–Crippen LogP) is 0.640. The lowest BCUT2D eigenvalue weighted by Gasteiger charge is -2.19. The molecule has 76 valence electrons. The van der Waals surface area contributed by atoms with Crippen molar-refractivity contribution in [3.8, 4) is 0 Å². The zero-order chi connectivity index (χ0) is 8.39. The van der Waals surface area contributed by atoms with Gasteiger partial charge in [-0.1, -0.05) is 0 Å². The van der Waals surface area contributed by atoms with Crippen LogP contribution in [0.15, 0.2) is 0 Å². The number of carbonyl (C=O) groups excluding carboxylic acids is 1.